The number of hydrogen-bond donors (Lipinski definition) is 1. The maximum absolute atomic E-state index is 12.4. The Labute approximate surface area is 126 Å². The first kappa shape index (κ1) is 12.4. The van der Waals surface area contributed by atoms with Crippen molar-refractivity contribution in [1.82, 2.24) is 0 Å². The Morgan fingerprint density at radius 1 is 1.30 bits per heavy atom. The summed E-state index contributed by atoms with van der Waals surface area (Å²) in [6, 6.07) is 7.37. The summed E-state index contributed by atoms with van der Waals surface area (Å²) in [6.07, 6.45) is 4.02. The zero-order valence-electron chi connectivity index (χ0n) is 11.0. The fourth-order valence-electron chi connectivity index (χ4n) is 4.58. The van der Waals surface area contributed by atoms with Gasteiger partial charge in [0.05, 0.1) is 17.3 Å². The molecule has 4 rings (SSSR count). The SMILES string of the molecule is N#Cc1ccc(NC(=O)C2C3C4CCC(C4)C23)c(Br)c1. The van der Waals surface area contributed by atoms with Gasteiger partial charge in [0.15, 0.2) is 0 Å². The molecule has 20 heavy (non-hydrogen) atoms. The second-order valence-corrected chi connectivity index (χ2v) is 7.16. The molecule has 4 heteroatoms. The Morgan fingerprint density at radius 2 is 2.00 bits per heavy atom. The van der Waals surface area contributed by atoms with Crippen LogP contribution in [0.3, 0.4) is 0 Å². The minimum Gasteiger partial charge on any atom is -0.325 e. The van der Waals surface area contributed by atoms with Gasteiger partial charge in [0, 0.05) is 10.4 Å². The summed E-state index contributed by atoms with van der Waals surface area (Å²) in [5, 5.41) is 11.9. The first-order chi connectivity index (χ1) is 9.69. The fourth-order valence-corrected chi connectivity index (χ4v) is 5.06. The van der Waals surface area contributed by atoms with Crippen LogP contribution in [0, 0.1) is 40.9 Å². The highest BCUT2D eigenvalue weighted by atomic mass is 79.9. The molecule has 1 amide bonds. The Bertz CT molecular complexity index is 620. The summed E-state index contributed by atoms with van der Waals surface area (Å²) in [6.45, 7) is 0. The number of carbonyl (C=O) groups excluding carboxylic acids is 1. The molecule has 3 aliphatic carbocycles. The average Bonchev–Trinajstić information content (AvgIpc) is 2.90. The topological polar surface area (TPSA) is 52.9 Å². The normalized spacial score (nSPS) is 36.3. The van der Waals surface area contributed by atoms with Crippen LogP contribution in [0.5, 0.6) is 0 Å². The average molecular weight is 331 g/mol. The molecule has 0 aromatic heterocycles. The van der Waals surface area contributed by atoms with Crippen molar-refractivity contribution in [3.63, 3.8) is 0 Å². The molecule has 3 fully saturated rings. The largest absolute Gasteiger partial charge is 0.325 e. The molecule has 4 unspecified atom stereocenters. The minimum absolute atomic E-state index is 0.169. The molecule has 2 bridgehead atoms. The number of anilines is 1. The molecular weight excluding hydrogens is 316 g/mol. The van der Waals surface area contributed by atoms with Crippen molar-refractivity contribution >= 4 is 27.5 Å². The van der Waals surface area contributed by atoms with E-state index in [9.17, 15) is 4.79 Å². The van der Waals surface area contributed by atoms with Gasteiger partial charge in [-0.05, 0) is 77.1 Å². The summed E-state index contributed by atoms with van der Waals surface area (Å²) in [5.74, 6) is 3.35. The lowest BCUT2D eigenvalue weighted by Gasteiger charge is -2.11. The summed E-state index contributed by atoms with van der Waals surface area (Å²) < 4.78 is 0.777. The number of halogens is 1. The first-order valence-electron chi connectivity index (χ1n) is 7.19. The predicted octanol–water partition coefficient (Wildman–Crippen LogP) is 3.55. The van der Waals surface area contributed by atoms with Crippen molar-refractivity contribution in [1.29, 1.82) is 5.26 Å². The van der Waals surface area contributed by atoms with Crippen LogP contribution in [0.1, 0.15) is 24.8 Å². The fraction of sp³-hybridized carbons (Fsp3) is 0.500. The Balaban J connectivity index is 1.48. The van der Waals surface area contributed by atoms with Gasteiger partial charge < -0.3 is 5.32 Å². The quantitative estimate of drug-likeness (QED) is 0.901. The third-order valence-electron chi connectivity index (χ3n) is 5.39. The van der Waals surface area contributed by atoms with E-state index in [1.807, 2.05) is 0 Å². The Morgan fingerprint density at radius 3 is 2.60 bits per heavy atom. The van der Waals surface area contributed by atoms with Crippen molar-refractivity contribution in [3.05, 3.63) is 28.2 Å². The third kappa shape index (κ3) is 1.73. The molecule has 3 aliphatic rings. The molecule has 1 aromatic carbocycles. The summed E-state index contributed by atoms with van der Waals surface area (Å²) in [7, 11) is 0. The van der Waals surface area contributed by atoms with E-state index in [-0.39, 0.29) is 11.8 Å². The minimum atomic E-state index is 0.169. The number of nitrogens with zero attached hydrogens (tertiary/aromatic N) is 1. The lowest BCUT2D eigenvalue weighted by molar-refractivity contribution is -0.118. The monoisotopic (exact) mass is 330 g/mol. The van der Waals surface area contributed by atoms with Crippen LogP contribution < -0.4 is 5.32 Å². The zero-order chi connectivity index (χ0) is 13.9. The lowest BCUT2D eigenvalue weighted by atomic mass is 10.0. The van der Waals surface area contributed by atoms with Gasteiger partial charge in [-0.3, -0.25) is 4.79 Å². The van der Waals surface area contributed by atoms with Gasteiger partial charge in [-0.2, -0.15) is 5.26 Å². The Hall–Kier alpha value is -1.34. The Kier molecular flexibility index (Phi) is 2.68. The van der Waals surface area contributed by atoms with E-state index in [1.165, 1.54) is 19.3 Å². The molecule has 3 nitrogen and oxygen atoms in total. The van der Waals surface area contributed by atoms with E-state index in [2.05, 4.69) is 27.3 Å². The number of hydrogen-bond acceptors (Lipinski definition) is 2. The number of fused-ring (bicyclic) bond motifs is 5. The second-order valence-electron chi connectivity index (χ2n) is 6.31. The first-order valence-corrected chi connectivity index (χ1v) is 7.99. The zero-order valence-corrected chi connectivity index (χ0v) is 12.6. The lowest BCUT2D eigenvalue weighted by Crippen LogP contribution is -2.18. The molecule has 0 heterocycles. The van der Waals surface area contributed by atoms with Gasteiger partial charge in [-0.25, -0.2) is 0 Å². The van der Waals surface area contributed by atoms with E-state index in [0.717, 1.165) is 22.0 Å². The van der Waals surface area contributed by atoms with Crippen molar-refractivity contribution in [2.75, 3.05) is 5.32 Å². The molecule has 0 aliphatic heterocycles. The number of amides is 1. The van der Waals surface area contributed by atoms with E-state index < -0.39 is 0 Å². The molecule has 3 saturated carbocycles. The number of benzene rings is 1. The maximum atomic E-state index is 12.4. The van der Waals surface area contributed by atoms with Crippen LogP contribution in [-0.4, -0.2) is 5.91 Å². The molecule has 102 valence electrons. The molecule has 1 aromatic rings. The van der Waals surface area contributed by atoms with Crippen LogP contribution in [-0.2, 0) is 4.79 Å². The number of rotatable bonds is 2. The molecule has 1 N–H and O–H groups in total. The van der Waals surface area contributed by atoms with E-state index in [0.29, 0.717) is 17.4 Å². The highest BCUT2D eigenvalue weighted by molar-refractivity contribution is 9.10. The van der Waals surface area contributed by atoms with Gasteiger partial charge >= 0.3 is 0 Å². The molecule has 0 saturated heterocycles. The molecular formula is C16H15BrN2O. The van der Waals surface area contributed by atoms with Gasteiger partial charge in [-0.1, -0.05) is 0 Å². The van der Waals surface area contributed by atoms with Gasteiger partial charge in [-0.15, -0.1) is 0 Å². The van der Waals surface area contributed by atoms with Crippen molar-refractivity contribution in [2.45, 2.75) is 19.3 Å². The molecule has 0 spiro atoms. The maximum Gasteiger partial charge on any atom is 0.228 e. The molecule has 4 atom stereocenters. The van der Waals surface area contributed by atoms with Crippen molar-refractivity contribution < 1.29 is 4.79 Å². The number of carbonyl (C=O) groups is 1. The van der Waals surface area contributed by atoms with Crippen LogP contribution in [0.2, 0.25) is 0 Å². The van der Waals surface area contributed by atoms with Gasteiger partial charge in [0.2, 0.25) is 5.91 Å². The standard InChI is InChI=1S/C16H15BrN2O/c17-11-5-8(7-18)1-4-12(11)19-16(20)15-13-9-2-3-10(6-9)14(13)15/h1,4-5,9-10,13-15H,2-3,6H2,(H,19,20). The third-order valence-corrected chi connectivity index (χ3v) is 6.05. The molecule has 0 radical (unpaired) electrons. The van der Waals surface area contributed by atoms with E-state index in [4.69, 9.17) is 5.26 Å². The summed E-state index contributed by atoms with van der Waals surface area (Å²) >= 11 is 3.42. The predicted molar refractivity (Wildman–Crippen MR) is 78.8 cm³/mol. The highest BCUT2D eigenvalue weighted by Crippen LogP contribution is 2.69. The van der Waals surface area contributed by atoms with Gasteiger partial charge in [0.25, 0.3) is 0 Å². The number of nitrogens with one attached hydrogen (secondary N) is 1. The van der Waals surface area contributed by atoms with Gasteiger partial charge in [0.1, 0.15) is 0 Å². The van der Waals surface area contributed by atoms with Crippen LogP contribution in [0.15, 0.2) is 22.7 Å². The van der Waals surface area contributed by atoms with Crippen LogP contribution >= 0.6 is 15.9 Å². The van der Waals surface area contributed by atoms with Crippen LogP contribution in [0.25, 0.3) is 0 Å². The summed E-state index contributed by atoms with van der Waals surface area (Å²) in [5.41, 5.74) is 1.36. The second kappa shape index (κ2) is 4.33. The van der Waals surface area contributed by atoms with Crippen molar-refractivity contribution in [3.8, 4) is 6.07 Å². The summed E-state index contributed by atoms with van der Waals surface area (Å²) in [4.78, 5) is 12.4. The van der Waals surface area contributed by atoms with E-state index in [1.54, 1.807) is 18.2 Å². The van der Waals surface area contributed by atoms with Crippen molar-refractivity contribution in [2.24, 2.45) is 29.6 Å². The number of nitriles is 1. The van der Waals surface area contributed by atoms with E-state index >= 15 is 0 Å². The van der Waals surface area contributed by atoms with Crippen LogP contribution in [0.4, 0.5) is 5.69 Å². The smallest absolute Gasteiger partial charge is 0.228 e. The highest BCUT2D eigenvalue weighted by Gasteiger charge is 2.67.